The van der Waals surface area contributed by atoms with Crippen LogP contribution < -0.4 is 10.9 Å². The number of carbonyl (C=O) groups excluding carboxylic acids is 1. The molecule has 0 aliphatic heterocycles. The van der Waals surface area contributed by atoms with Crippen LogP contribution in [0.3, 0.4) is 0 Å². The maximum Gasteiger partial charge on any atom is 0.322 e. The molecule has 1 N–H and O–H groups in total. The van der Waals surface area contributed by atoms with E-state index in [0.29, 0.717) is 45.4 Å². The Morgan fingerprint density at radius 1 is 1.03 bits per heavy atom. The van der Waals surface area contributed by atoms with Crippen LogP contribution >= 0.6 is 23.2 Å². The fourth-order valence-electron chi connectivity index (χ4n) is 4.64. The Morgan fingerprint density at radius 2 is 1.82 bits per heavy atom. The highest BCUT2D eigenvalue weighted by Crippen LogP contribution is 2.30. The number of aromatic nitrogens is 2. The third kappa shape index (κ3) is 6.03. The number of aryl methyl sites for hydroxylation is 1. The van der Waals surface area contributed by atoms with E-state index in [1.165, 1.54) is 0 Å². The maximum absolute atomic E-state index is 13.9. The molecule has 0 aliphatic rings. The van der Waals surface area contributed by atoms with Crippen LogP contribution in [0.5, 0.6) is 0 Å². The summed E-state index contributed by atoms with van der Waals surface area (Å²) in [6.45, 7) is 6.61. The fraction of sp³-hybridized carbons (Fsp3) is 0.300. The van der Waals surface area contributed by atoms with Crippen LogP contribution in [0.1, 0.15) is 57.0 Å². The number of anilines is 1. The predicted molar refractivity (Wildman–Crippen MR) is 157 cm³/mol. The van der Waals surface area contributed by atoms with Gasteiger partial charge in [0.2, 0.25) is 0 Å². The lowest BCUT2D eigenvalue weighted by Gasteiger charge is -2.32. The van der Waals surface area contributed by atoms with Gasteiger partial charge in [-0.1, -0.05) is 74.2 Å². The minimum atomic E-state index is -0.462. The first-order chi connectivity index (χ1) is 18.3. The number of halogens is 2. The molecule has 4 rings (SSSR count). The highest BCUT2D eigenvalue weighted by atomic mass is 35.5. The van der Waals surface area contributed by atoms with Gasteiger partial charge in [0.25, 0.3) is 5.56 Å². The molecular weight excluding hydrogens is 519 g/mol. The molecule has 0 saturated carbocycles. The Bertz CT molecular complexity index is 1500. The van der Waals surface area contributed by atoms with Crippen molar-refractivity contribution in [3.63, 3.8) is 0 Å². The van der Waals surface area contributed by atoms with Gasteiger partial charge in [-0.2, -0.15) is 0 Å². The Kier molecular flexibility index (Phi) is 9.08. The van der Waals surface area contributed by atoms with Gasteiger partial charge in [-0.15, -0.1) is 0 Å². The van der Waals surface area contributed by atoms with E-state index in [0.717, 1.165) is 30.5 Å². The van der Waals surface area contributed by atoms with E-state index in [2.05, 4.69) is 12.2 Å². The predicted octanol–water partition coefficient (Wildman–Crippen LogP) is 8.18. The van der Waals surface area contributed by atoms with Crippen molar-refractivity contribution in [2.75, 3.05) is 11.9 Å². The molecule has 0 fully saturated rings. The Balaban J connectivity index is 1.86. The van der Waals surface area contributed by atoms with Crippen LogP contribution in [0.4, 0.5) is 10.5 Å². The van der Waals surface area contributed by atoms with Gasteiger partial charge >= 0.3 is 6.03 Å². The third-order valence-electron chi connectivity index (χ3n) is 6.56. The minimum absolute atomic E-state index is 0.163. The molecule has 8 heteroatoms. The standard InChI is InChI=1S/C30H32Cl2N4O2/c1-4-6-9-17-35(30(38)34-26-16-15-21(31)19-24(26)32)27(5-2)28-33-25-14-8-7-13-23(25)29(37)36(28)22-12-10-11-20(3)18-22/h7-8,10-16,18-19,27H,4-6,9,17H2,1-3H3,(H,34,38). The summed E-state index contributed by atoms with van der Waals surface area (Å²) in [5, 5.41) is 4.32. The highest BCUT2D eigenvalue weighted by Gasteiger charge is 2.29. The van der Waals surface area contributed by atoms with E-state index in [-0.39, 0.29) is 11.6 Å². The van der Waals surface area contributed by atoms with Crippen molar-refractivity contribution in [1.29, 1.82) is 0 Å². The second-order valence-electron chi connectivity index (χ2n) is 9.35. The van der Waals surface area contributed by atoms with Crippen LogP contribution in [0.15, 0.2) is 71.5 Å². The number of nitrogens with zero attached hydrogens (tertiary/aromatic N) is 3. The molecule has 1 unspecified atom stereocenters. The number of hydrogen-bond donors (Lipinski definition) is 1. The van der Waals surface area contributed by atoms with Crippen molar-refractivity contribution in [2.24, 2.45) is 0 Å². The van der Waals surface area contributed by atoms with Crippen LogP contribution in [-0.4, -0.2) is 27.0 Å². The lowest BCUT2D eigenvalue weighted by Crippen LogP contribution is -2.41. The SMILES string of the molecule is CCCCCN(C(=O)Nc1ccc(Cl)cc1Cl)C(CC)c1nc2ccccc2c(=O)n1-c1cccc(C)c1. The summed E-state index contributed by atoms with van der Waals surface area (Å²) in [5.41, 5.74) is 2.65. The molecule has 38 heavy (non-hydrogen) atoms. The van der Waals surface area contributed by atoms with E-state index in [1.807, 2.05) is 56.3 Å². The lowest BCUT2D eigenvalue weighted by atomic mass is 10.1. The van der Waals surface area contributed by atoms with Crippen LogP contribution in [0.2, 0.25) is 10.0 Å². The van der Waals surface area contributed by atoms with E-state index in [4.69, 9.17) is 28.2 Å². The summed E-state index contributed by atoms with van der Waals surface area (Å²) in [6, 6.07) is 19.3. The maximum atomic E-state index is 13.9. The monoisotopic (exact) mass is 550 g/mol. The van der Waals surface area contributed by atoms with Gasteiger partial charge in [-0.05, 0) is 67.8 Å². The summed E-state index contributed by atoms with van der Waals surface area (Å²) >= 11 is 12.4. The van der Waals surface area contributed by atoms with Crippen LogP contribution in [0, 0.1) is 6.92 Å². The van der Waals surface area contributed by atoms with Gasteiger partial charge in [-0.3, -0.25) is 9.36 Å². The Labute approximate surface area is 233 Å². The second-order valence-corrected chi connectivity index (χ2v) is 10.2. The van der Waals surface area contributed by atoms with Gasteiger partial charge in [0.15, 0.2) is 0 Å². The zero-order valence-corrected chi connectivity index (χ0v) is 23.4. The Morgan fingerprint density at radius 3 is 2.53 bits per heavy atom. The minimum Gasteiger partial charge on any atom is -0.314 e. The van der Waals surface area contributed by atoms with Gasteiger partial charge in [0, 0.05) is 11.6 Å². The number of rotatable bonds is 9. The average Bonchev–Trinajstić information content (AvgIpc) is 2.90. The van der Waals surface area contributed by atoms with E-state index < -0.39 is 6.04 Å². The Hall–Kier alpha value is -3.35. The van der Waals surface area contributed by atoms with Crippen LogP contribution in [-0.2, 0) is 0 Å². The molecule has 4 aromatic rings. The average molecular weight is 552 g/mol. The number of nitrogens with one attached hydrogen (secondary N) is 1. The number of benzene rings is 3. The summed E-state index contributed by atoms with van der Waals surface area (Å²) in [7, 11) is 0. The normalized spacial score (nSPS) is 11.9. The molecular formula is C30H32Cl2N4O2. The van der Waals surface area contributed by atoms with Crippen molar-refractivity contribution < 1.29 is 4.79 Å². The fourth-order valence-corrected chi connectivity index (χ4v) is 5.10. The number of para-hydroxylation sites is 1. The molecule has 0 saturated heterocycles. The number of unbranched alkanes of at least 4 members (excludes halogenated alkanes) is 2. The first kappa shape index (κ1) is 27.7. The van der Waals surface area contributed by atoms with Crippen molar-refractivity contribution >= 4 is 45.8 Å². The largest absolute Gasteiger partial charge is 0.322 e. The van der Waals surface area contributed by atoms with Gasteiger partial charge in [-0.25, -0.2) is 9.78 Å². The molecule has 0 radical (unpaired) electrons. The van der Waals surface area contributed by atoms with E-state index in [9.17, 15) is 9.59 Å². The molecule has 3 aromatic carbocycles. The zero-order chi connectivity index (χ0) is 27.2. The first-order valence-corrected chi connectivity index (χ1v) is 13.7. The molecule has 2 amide bonds. The number of amides is 2. The summed E-state index contributed by atoms with van der Waals surface area (Å²) < 4.78 is 1.65. The van der Waals surface area contributed by atoms with Crippen molar-refractivity contribution in [1.82, 2.24) is 14.5 Å². The summed E-state index contributed by atoms with van der Waals surface area (Å²) in [5.74, 6) is 0.524. The van der Waals surface area contributed by atoms with Crippen molar-refractivity contribution in [2.45, 2.75) is 52.5 Å². The lowest BCUT2D eigenvalue weighted by molar-refractivity contribution is 0.179. The first-order valence-electron chi connectivity index (χ1n) is 13.0. The van der Waals surface area contributed by atoms with Gasteiger partial charge in [0.05, 0.1) is 33.3 Å². The van der Waals surface area contributed by atoms with Crippen molar-refractivity contribution in [3.8, 4) is 5.69 Å². The zero-order valence-electron chi connectivity index (χ0n) is 21.9. The topological polar surface area (TPSA) is 67.2 Å². The number of urea groups is 1. The van der Waals surface area contributed by atoms with E-state index >= 15 is 0 Å². The summed E-state index contributed by atoms with van der Waals surface area (Å²) in [4.78, 5) is 34.4. The smallest absolute Gasteiger partial charge is 0.314 e. The summed E-state index contributed by atoms with van der Waals surface area (Å²) in [6.07, 6.45) is 3.36. The molecule has 1 heterocycles. The highest BCUT2D eigenvalue weighted by molar-refractivity contribution is 6.36. The molecule has 0 spiro atoms. The number of hydrogen-bond acceptors (Lipinski definition) is 3. The number of fused-ring (bicyclic) bond motifs is 1. The molecule has 198 valence electrons. The van der Waals surface area contributed by atoms with Gasteiger partial charge in [0.1, 0.15) is 5.82 Å². The van der Waals surface area contributed by atoms with Crippen molar-refractivity contribution in [3.05, 3.63) is 98.5 Å². The molecule has 6 nitrogen and oxygen atoms in total. The molecule has 1 atom stereocenters. The molecule has 1 aromatic heterocycles. The van der Waals surface area contributed by atoms with Crippen LogP contribution in [0.25, 0.3) is 16.6 Å². The number of carbonyl (C=O) groups is 1. The van der Waals surface area contributed by atoms with E-state index in [1.54, 1.807) is 33.7 Å². The quantitative estimate of drug-likeness (QED) is 0.213. The second kappa shape index (κ2) is 12.5. The third-order valence-corrected chi connectivity index (χ3v) is 7.11. The van der Waals surface area contributed by atoms with Gasteiger partial charge < -0.3 is 10.2 Å². The molecule has 0 aliphatic carbocycles. The molecule has 0 bridgehead atoms.